The van der Waals surface area contributed by atoms with Gasteiger partial charge in [-0.25, -0.2) is 14.8 Å². The summed E-state index contributed by atoms with van der Waals surface area (Å²) in [5.74, 6) is -0.726. The van der Waals surface area contributed by atoms with Crippen LogP contribution in [-0.2, 0) is 11.2 Å². The Hall–Kier alpha value is -3.46. The number of hydrogen-bond acceptors (Lipinski definition) is 3. The van der Waals surface area contributed by atoms with Gasteiger partial charge in [-0.3, -0.25) is 4.79 Å². The average molecular weight is 303 g/mol. The minimum atomic E-state index is -0.726. The zero-order valence-corrected chi connectivity index (χ0v) is 12.2. The third kappa shape index (κ3) is 2.94. The molecule has 1 aromatic carbocycles. The molecule has 6 nitrogen and oxygen atoms in total. The van der Waals surface area contributed by atoms with E-state index in [1.165, 1.54) is 6.08 Å². The molecule has 2 heterocycles. The summed E-state index contributed by atoms with van der Waals surface area (Å²) in [5.41, 5.74) is 9.04. The number of carbonyl (C=O) groups is 1. The second kappa shape index (κ2) is 6.12. The number of H-pyrrole nitrogens is 1. The molecule has 3 rings (SSSR count). The SMILES string of the molecule is [C-]#[N+]/C(=C\Cc1c[nH]c2ncc(-c3ccccc3)nc12)C(N)=O. The summed E-state index contributed by atoms with van der Waals surface area (Å²) in [6.07, 6.45) is 5.38. The van der Waals surface area contributed by atoms with Gasteiger partial charge in [0.1, 0.15) is 5.52 Å². The molecule has 0 fully saturated rings. The quantitative estimate of drug-likeness (QED) is 0.573. The number of allylic oxidation sites excluding steroid dienone is 1. The summed E-state index contributed by atoms with van der Waals surface area (Å²) < 4.78 is 0. The van der Waals surface area contributed by atoms with Crippen molar-refractivity contribution >= 4 is 17.1 Å². The van der Waals surface area contributed by atoms with Gasteiger partial charge in [0.05, 0.1) is 18.5 Å². The Balaban J connectivity index is 2.00. The lowest BCUT2D eigenvalue weighted by Gasteiger charge is -2.01. The molecule has 0 aliphatic carbocycles. The Bertz CT molecular complexity index is 935. The molecule has 0 unspecified atom stereocenters. The Morgan fingerprint density at radius 2 is 2.13 bits per heavy atom. The highest BCUT2D eigenvalue weighted by Crippen LogP contribution is 2.21. The molecule has 0 saturated heterocycles. The van der Waals surface area contributed by atoms with E-state index in [4.69, 9.17) is 12.3 Å². The minimum Gasteiger partial charge on any atom is -0.375 e. The zero-order chi connectivity index (χ0) is 16.2. The first-order valence-corrected chi connectivity index (χ1v) is 6.95. The van der Waals surface area contributed by atoms with E-state index >= 15 is 0 Å². The predicted octanol–water partition coefficient (Wildman–Crippen LogP) is 2.46. The highest BCUT2D eigenvalue weighted by atomic mass is 16.1. The Morgan fingerprint density at radius 1 is 1.35 bits per heavy atom. The highest BCUT2D eigenvalue weighted by molar-refractivity contribution is 5.93. The first-order chi connectivity index (χ1) is 11.2. The van der Waals surface area contributed by atoms with Crippen LogP contribution < -0.4 is 5.73 Å². The fourth-order valence-electron chi connectivity index (χ4n) is 2.25. The van der Waals surface area contributed by atoms with E-state index in [1.807, 2.05) is 30.3 Å². The van der Waals surface area contributed by atoms with Crippen molar-refractivity contribution in [2.45, 2.75) is 6.42 Å². The summed E-state index contributed by atoms with van der Waals surface area (Å²) in [6, 6.07) is 9.75. The molecule has 2 aromatic heterocycles. The van der Waals surface area contributed by atoms with E-state index in [-0.39, 0.29) is 5.70 Å². The van der Waals surface area contributed by atoms with Crippen molar-refractivity contribution in [3.63, 3.8) is 0 Å². The molecule has 0 saturated carbocycles. The van der Waals surface area contributed by atoms with Gasteiger partial charge >= 0.3 is 0 Å². The lowest BCUT2D eigenvalue weighted by Crippen LogP contribution is -2.11. The second-order valence-electron chi connectivity index (χ2n) is 4.90. The number of primary amides is 1. The van der Waals surface area contributed by atoms with Crippen LogP contribution in [0.15, 0.2) is 54.5 Å². The molecular weight excluding hydrogens is 290 g/mol. The van der Waals surface area contributed by atoms with Crippen molar-refractivity contribution in [3.8, 4) is 11.3 Å². The van der Waals surface area contributed by atoms with Crippen LogP contribution in [0.1, 0.15) is 5.56 Å². The molecule has 112 valence electrons. The predicted molar refractivity (Wildman–Crippen MR) is 86.9 cm³/mol. The number of aromatic nitrogens is 3. The fraction of sp³-hybridized carbons (Fsp3) is 0.0588. The number of benzene rings is 1. The maximum absolute atomic E-state index is 11.1. The number of carbonyl (C=O) groups excluding carboxylic acids is 1. The van der Waals surface area contributed by atoms with Gasteiger partial charge in [0, 0.05) is 17.3 Å². The van der Waals surface area contributed by atoms with E-state index in [0.29, 0.717) is 12.1 Å². The third-order valence-corrected chi connectivity index (χ3v) is 3.42. The van der Waals surface area contributed by atoms with Gasteiger partial charge in [0.2, 0.25) is 11.6 Å². The van der Waals surface area contributed by atoms with Crippen LogP contribution >= 0.6 is 0 Å². The van der Waals surface area contributed by atoms with Gasteiger partial charge in [-0.1, -0.05) is 36.4 Å². The summed E-state index contributed by atoms with van der Waals surface area (Å²) in [5, 5.41) is 0. The number of rotatable bonds is 4. The van der Waals surface area contributed by atoms with E-state index < -0.39 is 5.91 Å². The number of amides is 1. The maximum Gasteiger partial charge on any atom is 0.247 e. The molecule has 0 spiro atoms. The first kappa shape index (κ1) is 14.5. The highest BCUT2D eigenvalue weighted by Gasteiger charge is 2.09. The zero-order valence-electron chi connectivity index (χ0n) is 12.2. The number of nitrogens with one attached hydrogen (secondary N) is 1. The standard InChI is InChI=1S/C17H13N5O/c1-19-13(16(18)23)8-7-12-9-20-17-15(12)22-14(10-21-17)11-5-3-2-4-6-11/h2-6,8-10H,7H2,(H2,18,23)(H,20,21)/b13-8-. The van der Waals surface area contributed by atoms with Crippen molar-refractivity contribution < 1.29 is 4.79 Å². The normalized spacial score (nSPS) is 11.3. The molecule has 3 N–H and O–H groups in total. The second-order valence-corrected chi connectivity index (χ2v) is 4.90. The summed E-state index contributed by atoms with van der Waals surface area (Å²) in [7, 11) is 0. The molecule has 0 radical (unpaired) electrons. The lowest BCUT2D eigenvalue weighted by molar-refractivity contribution is -0.114. The fourth-order valence-corrected chi connectivity index (χ4v) is 2.25. The van der Waals surface area contributed by atoms with Crippen LogP contribution in [0, 0.1) is 6.57 Å². The monoisotopic (exact) mass is 303 g/mol. The molecule has 3 aromatic rings. The summed E-state index contributed by atoms with van der Waals surface area (Å²) in [4.78, 5) is 26.3. The van der Waals surface area contributed by atoms with E-state index in [2.05, 4.69) is 19.8 Å². The lowest BCUT2D eigenvalue weighted by atomic mass is 10.1. The number of nitrogens with two attached hydrogens (primary N) is 1. The molecule has 0 aliphatic rings. The van der Waals surface area contributed by atoms with Crippen molar-refractivity contribution in [1.29, 1.82) is 0 Å². The number of aromatic amines is 1. The average Bonchev–Trinajstić information content (AvgIpc) is 2.98. The smallest absolute Gasteiger partial charge is 0.247 e. The van der Waals surface area contributed by atoms with Crippen LogP contribution in [0.25, 0.3) is 27.3 Å². The number of nitrogens with zero attached hydrogens (tertiary/aromatic N) is 3. The molecule has 23 heavy (non-hydrogen) atoms. The summed E-state index contributed by atoms with van der Waals surface area (Å²) >= 11 is 0. The minimum absolute atomic E-state index is 0.0773. The molecule has 0 aliphatic heterocycles. The molecule has 0 atom stereocenters. The topological polar surface area (TPSA) is 89.0 Å². The van der Waals surface area contributed by atoms with Gasteiger partial charge < -0.3 is 10.7 Å². The maximum atomic E-state index is 11.1. The van der Waals surface area contributed by atoms with Crippen LogP contribution in [0.3, 0.4) is 0 Å². The van der Waals surface area contributed by atoms with Crippen LogP contribution in [0.5, 0.6) is 0 Å². The summed E-state index contributed by atoms with van der Waals surface area (Å²) in [6.45, 7) is 6.95. The van der Waals surface area contributed by atoms with Crippen molar-refractivity contribution in [2.75, 3.05) is 0 Å². The Kier molecular flexibility index (Phi) is 3.85. The molecule has 0 bridgehead atoms. The Labute approximate surface area is 132 Å². The number of fused-ring (bicyclic) bond motifs is 1. The molecule has 6 heteroatoms. The van der Waals surface area contributed by atoms with Gasteiger partial charge in [-0.2, -0.15) is 0 Å². The van der Waals surface area contributed by atoms with Gasteiger partial charge in [0.25, 0.3) is 0 Å². The van der Waals surface area contributed by atoms with Gasteiger partial charge in [0.15, 0.2) is 5.65 Å². The van der Waals surface area contributed by atoms with Gasteiger partial charge in [-0.05, 0) is 6.42 Å². The molecular formula is C17H13N5O. The van der Waals surface area contributed by atoms with Crippen LogP contribution in [0.2, 0.25) is 0 Å². The van der Waals surface area contributed by atoms with Crippen LogP contribution in [-0.4, -0.2) is 20.9 Å². The van der Waals surface area contributed by atoms with Crippen molar-refractivity contribution in [2.24, 2.45) is 5.73 Å². The number of hydrogen-bond donors (Lipinski definition) is 2. The van der Waals surface area contributed by atoms with Crippen molar-refractivity contribution in [1.82, 2.24) is 15.0 Å². The molecule has 1 amide bonds. The van der Waals surface area contributed by atoms with Gasteiger partial charge in [-0.15, -0.1) is 0 Å². The van der Waals surface area contributed by atoms with E-state index in [9.17, 15) is 4.79 Å². The van der Waals surface area contributed by atoms with Crippen LogP contribution in [0.4, 0.5) is 0 Å². The Morgan fingerprint density at radius 3 is 2.83 bits per heavy atom. The third-order valence-electron chi connectivity index (χ3n) is 3.42. The van der Waals surface area contributed by atoms with Crippen molar-refractivity contribution in [3.05, 3.63) is 71.5 Å². The van der Waals surface area contributed by atoms with E-state index in [1.54, 1.807) is 12.4 Å². The first-order valence-electron chi connectivity index (χ1n) is 6.95. The largest absolute Gasteiger partial charge is 0.375 e. The van der Waals surface area contributed by atoms with E-state index in [0.717, 1.165) is 22.3 Å².